The van der Waals surface area contributed by atoms with Gasteiger partial charge in [-0.15, -0.1) is 0 Å². The van der Waals surface area contributed by atoms with Crippen molar-refractivity contribution in [2.75, 3.05) is 22.1 Å². The quantitative estimate of drug-likeness (QED) is 0.406. The molecule has 1 aromatic heterocycles. The maximum atomic E-state index is 12.8. The third-order valence-corrected chi connectivity index (χ3v) is 6.18. The number of amides is 2. The van der Waals surface area contributed by atoms with Gasteiger partial charge in [-0.25, -0.2) is 9.97 Å². The molecule has 5 rings (SSSR count). The van der Waals surface area contributed by atoms with Crippen LogP contribution in [0.1, 0.15) is 40.7 Å². The van der Waals surface area contributed by atoms with Crippen LogP contribution in [0.2, 0.25) is 0 Å². The zero-order valence-corrected chi connectivity index (χ0v) is 19.5. The molecule has 1 fully saturated rings. The number of rotatable bonds is 7. The third-order valence-electron chi connectivity index (χ3n) is 6.18. The van der Waals surface area contributed by atoms with Gasteiger partial charge in [0.1, 0.15) is 12.1 Å². The average molecular weight is 479 g/mol. The first-order valence-electron chi connectivity index (χ1n) is 11.8. The van der Waals surface area contributed by atoms with E-state index in [1.807, 2.05) is 48.8 Å². The Hall–Kier alpha value is -4.59. The zero-order valence-electron chi connectivity index (χ0n) is 19.5. The lowest BCUT2D eigenvalue weighted by Crippen LogP contribution is -2.35. The fourth-order valence-electron chi connectivity index (χ4n) is 4.33. The number of piperidine rings is 1. The van der Waals surface area contributed by atoms with Crippen LogP contribution < -0.4 is 15.5 Å². The summed E-state index contributed by atoms with van der Waals surface area (Å²) < 4.78 is 0. The van der Waals surface area contributed by atoms with Crippen molar-refractivity contribution < 1.29 is 14.4 Å². The van der Waals surface area contributed by atoms with Crippen LogP contribution in [0.4, 0.5) is 17.2 Å². The second-order valence-electron chi connectivity index (χ2n) is 8.58. The molecule has 0 atom stereocenters. The minimum atomic E-state index is -0.226. The Kier molecular flexibility index (Phi) is 6.66. The van der Waals surface area contributed by atoms with Crippen LogP contribution in [-0.2, 0) is 16.1 Å². The molecule has 8 nitrogen and oxygen atoms in total. The number of nitrogens with one attached hydrogen (secondary N) is 2. The van der Waals surface area contributed by atoms with Crippen LogP contribution in [-0.4, -0.2) is 34.6 Å². The average Bonchev–Trinajstić information content (AvgIpc) is 2.92. The predicted molar refractivity (Wildman–Crippen MR) is 139 cm³/mol. The second-order valence-corrected chi connectivity index (χ2v) is 8.58. The first kappa shape index (κ1) is 23.2. The first-order valence-corrected chi connectivity index (χ1v) is 11.8. The highest BCUT2D eigenvalue weighted by molar-refractivity contribution is 6.05. The monoisotopic (exact) mass is 478 g/mol. The molecule has 179 valence electrons. The van der Waals surface area contributed by atoms with Gasteiger partial charge in [0.05, 0.1) is 11.1 Å². The zero-order chi connectivity index (χ0) is 24.9. The summed E-state index contributed by atoms with van der Waals surface area (Å²) in [6.45, 7) is 1.18. The minimum Gasteiger partial charge on any atom is -0.365 e. The Morgan fingerprint density at radius 2 is 1.83 bits per heavy atom. The van der Waals surface area contributed by atoms with E-state index in [0.717, 1.165) is 29.5 Å². The van der Waals surface area contributed by atoms with E-state index in [0.29, 0.717) is 47.7 Å². The number of nitrogens with zero attached hydrogens (tertiary/aromatic N) is 3. The number of benzene rings is 3. The van der Waals surface area contributed by atoms with E-state index in [4.69, 9.17) is 0 Å². The van der Waals surface area contributed by atoms with Gasteiger partial charge >= 0.3 is 0 Å². The van der Waals surface area contributed by atoms with Gasteiger partial charge in [-0.2, -0.15) is 0 Å². The van der Waals surface area contributed by atoms with Crippen molar-refractivity contribution in [1.82, 2.24) is 9.97 Å². The molecule has 0 bridgehead atoms. The smallest absolute Gasteiger partial charge is 0.255 e. The van der Waals surface area contributed by atoms with Gasteiger partial charge in [0.2, 0.25) is 12.2 Å². The van der Waals surface area contributed by atoms with E-state index in [1.165, 1.54) is 6.33 Å². The van der Waals surface area contributed by atoms with Gasteiger partial charge in [0.15, 0.2) is 0 Å². The minimum absolute atomic E-state index is 0.126. The van der Waals surface area contributed by atoms with Crippen LogP contribution in [0.25, 0.3) is 10.9 Å². The van der Waals surface area contributed by atoms with Gasteiger partial charge in [-0.1, -0.05) is 18.2 Å². The van der Waals surface area contributed by atoms with E-state index in [9.17, 15) is 14.4 Å². The second kappa shape index (κ2) is 10.4. The molecule has 2 amide bonds. The Labute approximate surface area is 208 Å². The summed E-state index contributed by atoms with van der Waals surface area (Å²) in [5.41, 5.74) is 3.87. The number of para-hydroxylation sites is 1. The SMILES string of the molecule is O=[C]c1cccc2c(NCc3cccc(NC(=O)c4ccc(N5CCCCC5=O)cc4)c3)ncnc12. The van der Waals surface area contributed by atoms with E-state index in [1.54, 1.807) is 29.2 Å². The lowest BCUT2D eigenvalue weighted by molar-refractivity contribution is -0.119. The van der Waals surface area contributed by atoms with Gasteiger partial charge in [-0.05, 0) is 66.9 Å². The third kappa shape index (κ3) is 4.93. The van der Waals surface area contributed by atoms with Crippen molar-refractivity contribution in [2.45, 2.75) is 25.8 Å². The van der Waals surface area contributed by atoms with E-state index < -0.39 is 0 Å². The van der Waals surface area contributed by atoms with E-state index in [2.05, 4.69) is 20.6 Å². The molecule has 2 N–H and O–H groups in total. The summed E-state index contributed by atoms with van der Waals surface area (Å²) in [6.07, 6.45) is 5.81. The van der Waals surface area contributed by atoms with Crippen molar-refractivity contribution in [2.24, 2.45) is 0 Å². The molecule has 0 saturated carbocycles. The molecule has 0 spiro atoms. The summed E-state index contributed by atoms with van der Waals surface area (Å²) >= 11 is 0. The molecule has 1 saturated heterocycles. The lowest BCUT2D eigenvalue weighted by atomic mass is 10.1. The molecule has 4 aromatic rings. The molecule has 36 heavy (non-hydrogen) atoms. The van der Waals surface area contributed by atoms with Crippen LogP contribution in [0.3, 0.4) is 0 Å². The summed E-state index contributed by atoms with van der Waals surface area (Å²) in [5.74, 6) is 0.510. The van der Waals surface area contributed by atoms with E-state index in [-0.39, 0.29) is 11.8 Å². The fraction of sp³-hybridized carbons (Fsp3) is 0.179. The predicted octanol–water partition coefficient (Wildman–Crippen LogP) is 4.47. The van der Waals surface area contributed by atoms with Gasteiger partial charge in [-0.3, -0.25) is 14.4 Å². The van der Waals surface area contributed by atoms with Crippen molar-refractivity contribution in [1.29, 1.82) is 0 Å². The summed E-state index contributed by atoms with van der Waals surface area (Å²) in [6, 6.07) is 19.9. The molecule has 1 aliphatic heterocycles. The fourth-order valence-corrected chi connectivity index (χ4v) is 4.33. The molecule has 2 heterocycles. The van der Waals surface area contributed by atoms with Crippen LogP contribution in [0, 0.1) is 0 Å². The molecule has 1 radical (unpaired) electrons. The number of hydrogen-bond acceptors (Lipinski definition) is 6. The maximum Gasteiger partial charge on any atom is 0.255 e. The molecular formula is C28H24N5O3. The van der Waals surface area contributed by atoms with Crippen molar-refractivity contribution in [3.63, 3.8) is 0 Å². The number of hydrogen-bond donors (Lipinski definition) is 2. The topological polar surface area (TPSA) is 104 Å². The van der Waals surface area contributed by atoms with Crippen LogP contribution >= 0.6 is 0 Å². The van der Waals surface area contributed by atoms with Gasteiger partial charge < -0.3 is 15.5 Å². The van der Waals surface area contributed by atoms with Crippen LogP contribution in [0.5, 0.6) is 0 Å². The van der Waals surface area contributed by atoms with Crippen molar-refractivity contribution in [3.05, 3.63) is 89.7 Å². The number of anilines is 3. The van der Waals surface area contributed by atoms with E-state index >= 15 is 0 Å². The number of carbonyl (C=O) groups is 2. The molecule has 3 aromatic carbocycles. The van der Waals surface area contributed by atoms with Crippen molar-refractivity contribution in [3.8, 4) is 0 Å². The van der Waals surface area contributed by atoms with Crippen molar-refractivity contribution >= 4 is 46.2 Å². The number of fused-ring (bicyclic) bond motifs is 1. The molecule has 8 heteroatoms. The van der Waals surface area contributed by atoms with Gasteiger partial charge in [0.25, 0.3) is 5.91 Å². The molecule has 1 aliphatic rings. The lowest BCUT2D eigenvalue weighted by Gasteiger charge is -2.26. The summed E-state index contributed by atoms with van der Waals surface area (Å²) in [7, 11) is 0. The highest BCUT2D eigenvalue weighted by Crippen LogP contribution is 2.23. The maximum absolute atomic E-state index is 12.8. The van der Waals surface area contributed by atoms with Crippen LogP contribution in [0.15, 0.2) is 73.1 Å². The molecule has 0 unspecified atom stereocenters. The highest BCUT2D eigenvalue weighted by atomic mass is 16.2. The molecular weight excluding hydrogens is 454 g/mol. The first-order chi connectivity index (χ1) is 17.6. The summed E-state index contributed by atoms with van der Waals surface area (Å²) in [5, 5.41) is 6.95. The number of aromatic nitrogens is 2. The largest absolute Gasteiger partial charge is 0.365 e. The summed E-state index contributed by atoms with van der Waals surface area (Å²) in [4.78, 5) is 46.4. The highest BCUT2D eigenvalue weighted by Gasteiger charge is 2.19. The molecule has 0 aliphatic carbocycles. The Balaban J connectivity index is 1.25. The Morgan fingerprint density at radius 1 is 1.00 bits per heavy atom. The Bertz CT molecular complexity index is 1440. The van der Waals surface area contributed by atoms with Gasteiger partial charge in [0, 0.05) is 41.8 Å². The number of carbonyl (C=O) groups excluding carboxylic acids is 3. The normalized spacial score (nSPS) is 13.4. The standard InChI is InChI=1S/C28H24N5O3/c34-17-21-6-4-8-24-26(21)30-18-31-27(24)29-16-19-5-3-7-22(15-19)32-28(36)20-10-12-23(13-11-20)33-14-2-1-9-25(33)35/h3-8,10-13,15,18H,1-2,9,14,16H2,(H,32,36)(H,29,30,31). The Morgan fingerprint density at radius 3 is 2.64 bits per heavy atom.